The first-order valence-corrected chi connectivity index (χ1v) is 6.64. The zero-order valence-electron chi connectivity index (χ0n) is 10.4. The van der Waals surface area contributed by atoms with Gasteiger partial charge in [0.15, 0.2) is 0 Å². The average molecular weight is 281 g/mol. The van der Waals surface area contributed by atoms with Gasteiger partial charge in [-0.3, -0.25) is 4.79 Å². The fourth-order valence-electron chi connectivity index (χ4n) is 1.73. The number of hydrogen-bond acceptors (Lipinski definition) is 3. The van der Waals surface area contributed by atoms with Gasteiger partial charge in [0.1, 0.15) is 5.69 Å². The number of aryl methyl sites for hydroxylation is 3. The number of rotatable bonds is 2. The Hall–Kier alpha value is -1.39. The summed E-state index contributed by atoms with van der Waals surface area (Å²) in [7, 11) is 0. The highest BCUT2D eigenvalue weighted by Gasteiger charge is 2.13. The predicted octanol–water partition coefficient (Wildman–Crippen LogP) is 3.97. The molecular weight excluding hydrogens is 268 g/mol. The Morgan fingerprint density at radius 2 is 2.00 bits per heavy atom. The van der Waals surface area contributed by atoms with E-state index in [-0.39, 0.29) is 5.91 Å². The van der Waals surface area contributed by atoms with Crippen molar-refractivity contribution >= 4 is 34.7 Å². The number of anilines is 1. The van der Waals surface area contributed by atoms with Gasteiger partial charge in [-0.1, -0.05) is 17.7 Å². The van der Waals surface area contributed by atoms with Crippen LogP contribution >= 0.6 is 23.1 Å². The summed E-state index contributed by atoms with van der Waals surface area (Å²) in [6.45, 7) is 5.80. The first-order chi connectivity index (χ1) is 8.47. The summed E-state index contributed by atoms with van der Waals surface area (Å²) in [5, 5.41) is 3.36. The predicted molar refractivity (Wildman–Crippen MR) is 75.7 cm³/mol. The van der Waals surface area contributed by atoms with E-state index in [4.69, 9.17) is 11.6 Å². The minimum absolute atomic E-state index is 0.229. The van der Waals surface area contributed by atoms with E-state index in [9.17, 15) is 4.79 Å². The summed E-state index contributed by atoms with van der Waals surface area (Å²) < 4.78 is 4.08. The Kier molecular flexibility index (Phi) is 3.68. The second-order valence-electron chi connectivity index (χ2n) is 4.22. The van der Waals surface area contributed by atoms with Gasteiger partial charge in [-0.05, 0) is 55.6 Å². The number of hydrogen-bond donors (Lipinski definition) is 1. The largest absolute Gasteiger partial charge is 0.319 e. The van der Waals surface area contributed by atoms with Crippen molar-refractivity contribution in [3.8, 4) is 0 Å². The molecule has 0 aliphatic rings. The van der Waals surface area contributed by atoms with Crippen molar-refractivity contribution in [2.24, 2.45) is 0 Å². The van der Waals surface area contributed by atoms with Crippen molar-refractivity contribution < 1.29 is 4.79 Å². The van der Waals surface area contributed by atoms with E-state index in [1.165, 1.54) is 11.5 Å². The number of amides is 1. The van der Waals surface area contributed by atoms with Crippen LogP contribution in [0.4, 0.5) is 5.69 Å². The summed E-state index contributed by atoms with van der Waals surface area (Å²) in [5.41, 5.74) is 3.09. The van der Waals surface area contributed by atoms with Crippen LogP contribution in [0.2, 0.25) is 5.02 Å². The van der Waals surface area contributed by atoms with Crippen molar-refractivity contribution in [2.75, 3.05) is 5.32 Å². The molecule has 1 aromatic heterocycles. The van der Waals surface area contributed by atoms with Crippen LogP contribution in [0.1, 0.15) is 26.5 Å². The molecule has 0 spiro atoms. The monoisotopic (exact) mass is 280 g/mol. The molecule has 3 nitrogen and oxygen atoms in total. The standard InChI is InChI=1S/C13H13ClN2OS/c1-7-4-8(2)12(10(14)5-7)15-13(17)11-6-9(3)18-16-11/h4-6H,1-3H3,(H,15,17). The van der Waals surface area contributed by atoms with Gasteiger partial charge in [0.2, 0.25) is 0 Å². The first kappa shape index (κ1) is 13.1. The lowest BCUT2D eigenvalue weighted by atomic mass is 10.1. The summed E-state index contributed by atoms with van der Waals surface area (Å²) in [6, 6.07) is 5.57. The number of nitrogens with one attached hydrogen (secondary N) is 1. The lowest BCUT2D eigenvalue weighted by Gasteiger charge is -2.10. The molecule has 5 heteroatoms. The van der Waals surface area contributed by atoms with Gasteiger partial charge in [-0.2, -0.15) is 4.37 Å². The van der Waals surface area contributed by atoms with Crippen LogP contribution < -0.4 is 5.32 Å². The minimum atomic E-state index is -0.229. The van der Waals surface area contributed by atoms with Crippen LogP contribution in [0, 0.1) is 20.8 Å². The molecule has 1 heterocycles. The Balaban J connectivity index is 2.27. The van der Waals surface area contributed by atoms with Gasteiger partial charge in [0, 0.05) is 4.88 Å². The smallest absolute Gasteiger partial charge is 0.275 e. The topological polar surface area (TPSA) is 42.0 Å². The second-order valence-corrected chi connectivity index (χ2v) is 5.63. The first-order valence-electron chi connectivity index (χ1n) is 5.49. The molecule has 0 aliphatic carbocycles. The number of nitrogens with zero attached hydrogens (tertiary/aromatic N) is 1. The zero-order chi connectivity index (χ0) is 13.3. The van der Waals surface area contributed by atoms with Crippen molar-refractivity contribution in [1.29, 1.82) is 0 Å². The maximum Gasteiger partial charge on any atom is 0.275 e. The van der Waals surface area contributed by atoms with Gasteiger partial charge < -0.3 is 5.32 Å². The van der Waals surface area contributed by atoms with Crippen LogP contribution in [0.15, 0.2) is 18.2 Å². The average Bonchev–Trinajstić information content (AvgIpc) is 2.70. The number of aromatic nitrogens is 1. The molecule has 0 bridgehead atoms. The molecule has 0 saturated heterocycles. The number of carbonyl (C=O) groups excluding carboxylic acids is 1. The molecule has 0 saturated carbocycles. The normalized spacial score (nSPS) is 10.4. The fourth-order valence-corrected chi connectivity index (χ4v) is 2.64. The van der Waals surface area contributed by atoms with Crippen LogP contribution in [0.25, 0.3) is 0 Å². The highest BCUT2D eigenvalue weighted by atomic mass is 35.5. The van der Waals surface area contributed by atoms with E-state index in [0.29, 0.717) is 16.4 Å². The fraction of sp³-hybridized carbons (Fsp3) is 0.231. The van der Waals surface area contributed by atoms with E-state index in [2.05, 4.69) is 9.69 Å². The van der Waals surface area contributed by atoms with Crippen molar-refractivity contribution in [1.82, 2.24) is 4.37 Å². The van der Waals surface area contributed by atoms with Crippen molar-refractivity contribution in [3.63, 3.8) is 0 Å². The minimum Gasteiger partial charge on any atom is -0.319 e. The summed E-state index contributed by atoms with van der Waals surface area (Å²) in [4.78, 5) is 13.0. The van der Waals surface area contributed by atoms with Crippen molar-refractivity contribution in [2.45, 2.75) is 20.8 Å². The molecular formula is C13H13ClN2OS. The molecule has 1 N–H and O–H groups in total. The molecule has 18 heavy (non-hydrogen) atoms. The molecule has 2 rings (SSSR count). The van der Waals surface area contributed by atoms with E-state index in [1.54, 1.807) is 6.07 Å². The molecule has 94 valence electrons. The van der Waals surface area contributed by atoms with E-state index in [0.717, 1.165) is 16.0 Å². The third-order valence-electron chi connectivity index (χ3n) is 2.53. The van der Waals surface area contributed by atoms with Crippen molar-refractivity contribution in [3.05, 3.63) is 44.9 Å². The van der Waals surface area contributed by atoms with E-state index >= 15 is 0 Å². The molecule has 2 aromatic rings. The Morgan fingerprint density at radius 3 is 2.56 bits per heavy atom. The number of benzene rings is 1. The molecule has 0 atom stereocenters. The molecule has 0 aliphatic heterocycles. The van der Waals surface area contributed by atoms with Gasteiger partial charge >= 0.3 is 0 Å². The Morgan fingerprint density at radius 1 is 1.28 bits per heavy atom. The van der Waals surface area contributed by atoms with Crippen LogP contribution in [-0.2, 0) is 0 Å². The Labute approximate surface area is 115 Å². The molecule has 0 unspecified atom stereocenters. The maximum atomic E-state index is 12.0. The van der Waals surface area contributed by atoms with E-state index in [1.807, 2.05) is 32.9 Å². The molecule has 1 aromatic carbocycles. The quantitative estimate of drug-likeness (QED) is 0.904. The highest BCUT2D eigenvalue weighted by molar-refractivity contribution is 7.05. The second kappa shape index (κ2) is 5.08. The molecule has 1 amide bonds. The van der Waals surface area contributed by atoms with Gasteiger partial charge in [0.25, 0.3) is 5.91 Å². The number of halogens is 1. The third kappa shape index (κ3) is 2.71. The van der Waals surface area contributed by atoms with Gasteiger partial charge in [-0.15, -0.1) is 0 Å². The highest BCUT2D eigenvalue weighted by Crippen LogP contribution is 2.27. The van der Waals surface area contributed by atoms with Gasteiger partial charge in [0.05, 0.1) is 10.7 Å². The van der Waals surface area contributed by atoms with Gasteiger partial charge in [-0.25, -0.2) is 0 Å². The Bertz CT molecular complexity index is 584. The summed E-state index contributed by atoms with van der Waals surface area (Å²) in [6.07, 6.45) is 0. The SMILES string of the molecule is Cc1cc(C)c(NC(=O)c2cc(C)sn2)c(Cl)c1. The number of carbonyl (C=O) groups is 1. The summed E-state index contributed by atoms with van der Waals surface area (Å²) in [5.74, 6) is -0.229. The van der Waals surface area contributed by atoms with Crippen LogP contribution in [0.3, 0.4) is 0 Å². The lowest BCUT2D eigenvalue weighted by Crippen LogP contribution is -2.13. The summed E-state index contributed by atoms with van der Waals surface area (Å²) >= 11 is 7.45. The third-order valence-corrected chi connectivity index (χ3v) is 3.52. The lowest BCUT2D eigenvalue weighted by molar-refractivity contribution is 0.102. The molecule has 0 radical (unpaired) electrons. The van der Waals surface area contributed by atoms with Crippen LogP contribution in [-0.4, -0.2) is 10.3 Å². The maximum absolute atomic E-state index is 12.0. The van der Waals surface area contributed by atoms with Crippen LogP contribution in [0.5, 0.6) is 0 Å². The zero-order valence-corrected chi connectivity index (χ0v) is 11.9. The molecule has 0 fully saturated rings. The van der Waals surface area contributed by atoms with E-state index < -0.39 is 0 Å².